The summed E-state index contributed by atoms with van der Waals surface area (Å²) >= 11 is 0. The van der Waals surface area contributed by atoms with Crippen molar-refractivity contribution in [2.75, 3.05) is 27.4 Å². The zero-order valence-corrected chi connectivity index (χ0v) is 15.5. The highest BCUT2D eigenvalue weighted by Gasteiger charge is 2.20. The van der Waals surface area contributed by atoms with Gasteiger partial charge in [-0.15, -0.1) is 0 Å². The molecule has 1 saturated heterocycles. The highest BCUT2D eigenvalue weighted by atomic mass is 16.5. The predicted molar refractivity (Wildman–Crippen MR) is 101 cm³/mol. The van der Waals surface area contributed by atoms with Gasteiger partial charge in [-0.3, -0.25) is 4.90 Å². The maximum Gasteiger partial charge on any atom is 0.160 e. The van der Waals surface area contributed by atoms with Gasteiger partial charge in [0.15, 0.2) is 11.5 Å². The van der Waals surface area contributed by atoms with Gasteiger partial charge in [-0.2, -0.15) is 0 Å². The Morgan fingerprint density at radius 2 is 1.88 bits per heavy atom. The van der Waals surface area contributed by atoms with Crippen LogP contribution in [-0.4, -0.2) is 43.5 Å². The fourth-order valence-electron chi connectivity index (χ4n) is 3.41. The van der Waals surface area contributed by atoms with Crippen molar-refractivity contribution in [1.29, 1.82) is 0 Å². The van der Waals surface area contributed by atoms with Crippen LogP contribution in [0.2, 0.25) is 0 Å². The van der Waals surface area contributed by atoms with E-state index < -0.39 is 0 Å². The Labute approximate surface area is 155 Å². The van der Waals surface area contributed by atoms with Crippen LogP contribution in [0.4, 0.5) is 0 Å². The summed E-state index contributed by atoms with van der Waals surface area (Å²) in [5, 5.41) is 9.83. The monoisotopic (exact) mass is 357 g/mol. The molecule has 0 saturated carbocycles. The van der Waals surface area contributed by atoms with Crippen molar-refractivity contribution in [2.24, 2.45) is 0 Å². The van der Waals surface area contributed by atoms with E-state index in [1.165, 1.54) is 0 Å². The number of nitrogens with zero attached hydrogens (tertiary/aromatic N) is 1. The van der Waals surface area contributed by atoms with E-state index in [-0.39, 0.29) is 11.9 Å². The Morgan fingerprint density at radius 3 is 2.62 bits per heavy atom. The fraction of sp³-hybridized carbons (Fsp3) is 0.429. The highest BCUT2D eigenvalue weighted by molar-refractivity contribution is 5.41. The number of phenolic OH excluding ortho intramolecular Hbond substituents is 1. The molecule has 1 N–H and O–H groups in total. The van der Waals surface area contributed by atoms with E-state index in [1.807, 2.05) is 30.3 Å². The number of methoxy groups -OCH3 is 2. The van der Waals surface area contributed by atoms with Gasteiger partial charge in [0.05, 0.1) is 20.3 Å². The summed E-state index contributed by atoms with van der Waals surface area (Å²) < 4.78 is 16.6. The maximum absolute atomic E-state index is 9.83. The van der Waals surface area contributed by atoms with E-state index in [1.54, 1.807) is 20.3 Å². The van der Waals surface area contributed by atoms with Gasteiger partial charge in [-0.1, -0.05) is 24.3 Å². The second kappa shape index (κ2) is 8.92. The van der Waals surface area contributed by atoms with Crippen molar-refractivity contribution in [3.8, 4) is 17.2 Å². The summed E-state index contributed by atoms with van der Waals surface area (Å²) in [4.78, 5) is 2.36. The summed E-state index contributed by atoms with van der Waals surface area (Å²) in [6, 6.07) is 13.6. The number of aromatic hydroxyl groups is 1. The Morgan fingerprint density at radius 1 is 1.08 bits per heavy atom. The molecule has 0 spiro atoms. The average Bonchev–Trinajstić information content (AvgIpc) is 3.16. The van der Waals surface area contributed by atoms with Crippen molar-refractivity contribution in [3.63, 3.8) is 0 Å². The van der Waals surface area contributed by atoms with Crippen LogP contribution in [-0.2, 0) is 17.8 Å². The van der Waals surface area contributed by atoms with Gasteiger partial charge in [0.25, 0.3) is 0 Å². The smallest absolute Gasteiger partial charge is 0.160 e. The Kier molecular flexibility index (Phi) is 6.36. The van der Waals surface area contributed by atoms with E-state index in [4.69, 9.17) is 14.2 Å². The number of ether oxygens (including phenoxy) is 3. The number of benzene rings is 2. The predicted octanol–water partition coefficient (Wildman–Crippen LogP) is 3.59. The van der Waals surface area contributed by atoms with Crippen molar-refractivity contribution in [3.05, 3.63) is 53.6 Å². The Balaban J connectivity index is 1.78. The first kappa shape index (κ1) is 18.5. The van der Waals surface area contributed by atoms with E-state index in [0.717, 1.165) is 56.0 Å². The quantitative estimate of drug-likeness (QED) is 0.782. The molecule has 5 heteroatoms. The minimum Gasteiger partial charge on any atom is -0.504 e. The second-order valence-electron chi connectivity index (χ2n) is 6.62. The maximum atomic E-state index is 9.83. The molecular formula is C21H27NO4. The summed E-state index contributed by atoms with van der Waals surface area (Å²) in [6.07, 6.45) is 2.49. The van der Waals surface area contributed by atoms with E-state index in [2.05, 4.69) is 11.0 Å². The lowest BCUT2D eigenvalue weighted by atomic mass is 10.1. The first-order valence-electron chi connectivity index (χ1n) is 9.01. The third-order valence-corrected chi connectivity index (χ3v) is 4.72. The number of rotatable bonds is 8. The van der Waals surface area contributed by atoms with Gasteiger partial charge in [-0.25, -0.2) is 0 Å². The summed E-state index contributed by atoms with van der Waals surface area (Å²) in [6.45, 7) is 3.23. The van der Waals surface area contributed by atoms with Crippen LogP contribution in [0.5, 0.6) is 17.2 Å². The van der Waals surface area contributed by atoms with Crippen LogP contribution < -0.4 is 9.47 Å². The molecule has 5 nitrogen and oxygen atoms in total. The molecule has 0 amide bonds. The SMILES string of the molecule is COc1cc(CN(Cc2ccccc2OC)C[C@@H]2CCCO2)ccc1O. The van der Waals surface area contributed by atoms with Gasteiger partial charge in [-0.05, 0) is 36.6 Å². The van der Waals surface area contributed by atoms with E-state index in [9.17, 15) is 5.11 Å². The molecule has 1 aliphatic heterocycles. The van der Waals surface area contributed by atoms with Crippen LogP contribution in [0.1, 0.15) is 24.0 Å². The third kappa shape index (κ3) is 4.68. The third-order valence-electron chi connectivity index (χ3n) is 4.72. The van der Waals surface area contributed by atoms with Crippen LogP contribution in [0, 0.1) is 0 Å². The lowest BCUT2D eigenvalue weighted by Crippen LogP contribution is -2.31. The van der Waals surface area contributed by atoms with Crippen molar-refractivity contribution in [1.82, 2.24) is 4.90 Å². The van der Waals surface area contributed by atoms with Crippen molar-refractivity contribution < 1.29 is 19.3 Å². The lowest BCUT2D eigenvalue weighted by Gasteiger charge is -2.26. The van der Waals surface area contributed by atoms with E-state index >= 15 is 0 Å². The molecule has 3 rings (SSSR count). The van der Waals surface area contributed by atoms with Crippen LogP contribution in [0.25, 0.3) is 0 Å². The molecule has 140 valence electrons. The molecule has 1 fully saturated rings. The molecule has 2 aromatic carbocycles. The van der Waals surface area contributed by atoms with Gasteiger partial charge in [0.2, 0.25) is 0 Å². The van der Waals surface area contributed by atoms with Gasteiger partial charge >= 0.3 is 0 Å². The summed E-state index contributed by atoms with van der Waals surface area (Å²) in [5.74, 6) is 1.55. The summed E-state index contributed by atoms with van der Waals surface area (Å²) in [5.41, 5.74) is 2.24. The lowest BCUT2D eigenvalue weighted by molar-refractivity contribution is 0.0676. The number of para-hydroxylation sites is 1. The molecule has 0 aliphatic carbocycles. The van der Waals surface area contributed by atoms with Gasteiger partial charge in [0, 0.05) is 31.8 Å². The molecular weight excluding hydrogens is 330 g/mol. The minimum absolute atomic E-state index is 0.159. The molecule has 26 heavy (non-hydrogen) atoms. The molecule has 1 atom stereocenters. The van der Waals surface area contributed by atoms with Crippen LogP contribution in [0.3, 0.4) is 0 Å². The first-order valence-corrected chi connectivity index (χ1v) is 9.01. The topological polar surface area (TPSA) is 51.2 Å². The zero-order chi connectivity index (χ0) is 18.4. The largest absolute Gasteiger partial charge is 0.504 e. The number of phenols is 1. The van der Waals surface area contributed by atoms with E-state index in [0.29, 0.717) is 5.75 Å². The molecule has 2 aromatic rings. The molecule has 0 radical (unpaired) electrons. The van der Waals surface area contributed by atoms with Gasteiger partial charge < -0.3 is 19.3 Å². The van der Waals surface area contributed by atoms with Crippen molar-refractivity contribution in [2.45, 2.75) is 32.0 Å². The van der Waals surface area contributed by atoms with Crippen molar-refractivity contribution >= 4 is 0 Å². The Hall–Kier alpha value is -2.24. The van der Waals surface area contributed by atoms with Gasteiger partial charge in [0.1, 0.15) is 5.75 Å². The fourth-order valence-corrected chi connectivity index (χ4v) is 3.41. The zero-order valence-electron chi connectivity index (χ0n) is 15.5. The Bertz CT molecular complexity index is 713. The van der Waals surface area contributed by atoms with Crippen LogP contribution >= 0.6 is 0 Å². The minimum atomic E-state index is 0.159. The molecule has 1 heterocycles. The standard InChI is InChI=1S/C21H27NO4/c1-24-20-8-4-3-6-17(20)14-22(15-18-7-5-11-26-18)13-16-9-10-19(23)21(12-16)25-2/h3-4,6,8-10,12,18,23H,5,7,11,13-15H2,1-2H3/t18-/m0/s1. The van der Waals surface area contributed by atoms with Crippen LogP contribution in [0.15, 0.2) is 42.5 Å². The highest BCUT2D eigenvalue weighted by Crippen LogP contribution is 2.28. The molecule has 0 bridgehead atoms. The summed E-state index contributed by atoms with van der Waals surface area (Å²) in [7, 11) is 3.27. The second-order valence-corrected chi connectivity index (χ2v) is 6.62. The molecule has 0 unspecified atom stereocenters. The number of hydrogen-bond acceptors (Lipinski definition) is 5. The molecule has 0 aromatic heterocycles. The number of hydrogen-bond donors (Lipinski definition) is 1. The normalized spacial score (nSPS) is 16.8. The first-order chi connectivity index (χ1) is 12.7. The average molecular weight is 357 g/mol. The molecule has 1 aliphatic rings.